The molecule has 1 atom stereocenters. The van der Waals surface area contributed by atoms with E-state index in [1.807, 2.05) is 37.3 Å². The molecular weight excluding hydrogens is 333 g/mol. The second-order valence-electron chi connectivity index (χ2n) is 6.11. The molecule has 4 rings (SSSR count). The molecule has 1 amide bonds. The van der Waals surface area contributed by atoms with Gasteiger partial charge in [0.15, 0.2) is 0 Å². The van der Waals surface area contributed by atoms with Crippen LogP contribution >= 0.6 is 0 Å². The Morgan fingerprint density at radius 2 is 1.88 bits per heavy atom. The summed E-state index contributed by atoms with van der Waals surface area (Å²) in [5, 5.41) is 6.58. The molecule has 0 fully saturated rings. The second-order valence-corrected chi connectivity index (χ2v) is 6.11. The monoisotopic (exact) mass is 349 g/mol. The van der Waals surface area contributed by atoms with E-state index in [1.165, 1.54) is 6.07 Å². The van der Waals surface area contributed by atoms with Crippen molar-refractivity contribution in [2.75, 3.05) is 0 Å². The standard InChI is InChI=1S/C20H16FN3O2/c1-12-17(13-7-3-2-4-8-13)18(12)20(25)22-11-16-23-19(24-26-16)14-9-5-6-10-15(14)21/h2-10,18H,11H2,1H3,(H,22,25)/t18-/m1/s1. The van der Waals surface area contributed by atoms with Gasteiger partial charge in [0.1, 0.15) is 5.82 Å². The van der Waals surface area contributed by atoms with Crippen molar-refractivity contribution in [3.8, 4) is 11.4 Å². The van der Waals surface area contributed by atoms with Crippen molar-refractivity contribution >= 4 is 11.5 Å². The molecule has 1 aromatic heterocycles. The first-order valence-corrected chi connectivity index (χ1v) is 8.26. The molecule has 130 valence electrons. The molecule has 1 aliphatic rings. The van der Waals surface area contributed by atoms with Gasteiger partial charge in [-0.2, -0.15) is 4.98 Å². The lowest BCUT2D eigenvalue weighted by Gasteiger charge is -2.03. The normalized spacial score (nSPS) is 15.8. The maximum atomic E-state index is 13.8. The summed E-state index contributed by atoms with van der Waals surface area (Å²) in [6, 6.07) is 16.0. The van der Waals surface area contributed by atoms with Crippen molar-refractivity contribution in [2.45, 2.75) is 13.5 Å². The number of hydrogen-bond donors (Lipinski definition) is 1. The van der Waals surface area contributed by atoms with Crippen LogP contribution in [0.2, 0.25) is 0 Å². The summed E-state index contributed by atoms with van der Waals surface area (Å²) in [4.78, 5) is 16.5. The quantitative estimate of drug-likeness (QED) is 0.764. The summed E-state index contributed by atoms with van der Waals surface area (Å²) >= 11 is 0. The van der Waals surface area contributed by atoms with Crippen LogP contribution < -0.4 is 5.32 Å². The lowest BCUT2D eigenvalue weighted by molar-refractivity contribution is -0.121. The van der Waals surface area contributed by atoms with E-state index in [9.17, 15) is 9.18 Å². The molecule has 0 unspecified atom stereocenters. The maximum absolute atomic E-state index is 13.8. The molecule has 0 saturated heterocycles. The highest BCUT2D eigenvalue weighted by atomic mass is 19.1. The lowest BCUT2D eigenvalue weighted by atomic mass is 10.1. The average molecular weight is 349 g/mol. The highest BCUT2D eigenvalue weighted by Crippen LogP contribution is 2.46. The van der Waals surface area contributed by atoms with Gasteiger partial charge in [-0.3, -0.25) is 4.79 Å². The Labute approximate surface area is 149 Å². The maximum Gasteiger partial charge on any atom is 0.246 e. The molecule has 1 heterocycles. The van der Waals surface area contributed by atoms with Gasteiger partial charge in [-0.15, -0.1) is 0 Å². The van der Waals surface area contributed by atoms with Gasteiger partial charge in [0, 0.05) is 0 Å². The summed E-state index contributed by atoms with van der Waals surface area (Å²) < 4.78 is 18.9. The minimum absolute atomic E-state index is 0.103. The number of nitrogens with zero attached hydrogens (tertiary/aromatic N) is 2. The Morgan fingerprint density at radius 1 is 1.15 bits per heavy atom. The first-order chi connectivity index (χ1) is 12.6. The molecule has 0 saturated carbocycles. The predicted molar refractivity (Wildman–Crippen MR) is 94.1 cm³/mol. The van der Waals surface area contributed by atoms with Gasteiger partial charge < -0.3 is 9.84 Å². The van der Waals surface area contributed by atoms with Crippen LogP contribution in [0, 0.1) is 11.7 Å². The second kappa shape index (κ2) is 6.55. The molecule has 5 nitrogen and oxygen atoms in total. The molecule has 0 aliphatic heterocycles. The van der Waals surface area contributed by atoms with Crippen LogP contribution in [0.4, 0.5) is 4.39 Å². The van der Waals surface area contributed by atoms with Crippen LogP contribution in [0.15, 0.2) is 64.7 Å². The van der Waals surface area contributed by atoms with E-state index in [2.05, 4.69) is 15.5 Å². The molecule has 0 radical (unpaired) electrons. The smallest absolute Gasteiger partial charge is 0.246 e. The van der Waals surface area contributed by atoms with Crippen LogP contribution in [0.3, 0.4) is 0 Å². The van der Waals surface area contributed by atoms with Gasteiger partial charge in [-0.1, -0.05) is 53.2 Å². The number of amides is 1. The first kappa shape index (κ1) is 16.2. The summed E-state index contributed by atoms with van der Waals surface area (Å²) in [6.45, 7) is 2.06. The summed E-state index contributed by atoms with van der Waals surface area (Å²) in [5.41, 5.74) is 3.44. The molecule has 26 heavy (non-hydrogen) atoms. The van der Waals surface area contributed by atoms with Crippen LogP contribution in [-0.2, 0) is 11.3 Å². The van der Waals surface area contributed by atoms with Crippen LogP contribution in [0.5, 0.6) is 0 Å². The average Bonchev–Trinajstić information content (AvgIpc) is 3.11. The fourth-order valence-electron chi connectivity index (χ4n) is 3.01. The third-order valence-electron chi connectivity index (χ3n) is 4.41. The van der Waals surface area contributed by atoms with E-state index in [1.54, 1.807) is 18.2 Å². The third kappa shape index (κ3) is 3.01. The van der Waals surface area contributed by atoms with Gasteiger partial charge >= 0.3 is 0 Å². The number of halogens is 1. The number of carbonyl (C=O) groups excluding carboxylic acids is 1. The number of rotatable bonds is 5. The van der Waals surface area contributed by atoms with E-state index >= 15 is 0 Å². The zero-order valence-corrected chi connectivity index (χ0v) is 14.1. The molecule has 3 aromatic rings. The first-order valence-electron chi connectivity index (χ1n) is 8.26. The lowest BCUT2D eigenvalue weighted by Crippen LogP contribution is -2.26. The molecule has 1 aliphatic carbocycles. The molecule has 0 bridgehead atoms. The zero-order valence-electron chi connectivity index (χ0n) is 14.1. The van der Waals surface area contributed by atoms with Crippen molar-refractivity contribution in [1.82, 2.24) is 15.5 Å². The fraction of sp³-hybridized carbons (Fsp3) is 0.150. The molecule has 2 aromatic carbocycles. The van der Waals surface area contributed by atoms with Crippen LogP contribution in [0.1, 0.15) is 18.4 Å². The van der Waals surface area contributed by atoms with E-state index in [0.717, 1.165) is 16.7 Å². The minimum atomic E-state index is -0.422. The largest absolute Gasteiger partial charge is 0.346 e. The third-order valence-corrected chi connectivity index (χ3v) is 4.41. The molecular formula is C20H16FN3O2. The van der Waals surface area contributed by atoms with Crippen molar-refractivity contribution in [3.05, 3.63) is 77.4 Å². The van der Waals surface area contributed by atoms with Gasteiger partial charge in [0.05, 0.1) is 18.0 Å². The minimum Gasteiger partial charge on any atom is -0.346 e. The van der Waals surface area contributed by atoms with Gasteiger partial charge in [-0.25, -0.2) is 4.39 Å². The van der Waals surface area contributed by atoms with Gasteiger partial charge in [-0.05, 0) is 30.2 Å². The Hall–Kier alpha value is -3.28. The topological polar surface area (TPSA) is 68.0 Å². The number of nitrogens with one attached hydrogen (secondary N) is 1. The Kier molecular flexibility index (Phi) is 4.08. The summed E-state index contributed by atoms with van der Waals surface area (Å²) in [7, 11) is 0. The van der Waals surface area contributed by atoms with Crippen molar-refractivity contribution < 1.29 is 13.7 Å². The molecule has 1 N–H and O–H groups in total. The van der Waals surface area contributed by atoms with Gasteiger partial charge in [0.25, 0.3) is 0 Å². The van der Waals surface area contributed by atoms with Crippen molar-refractivity contribution in [3.63, 3.8) is 0 Å². The zero-order chi connectivity index (χ0) is 18.1. The number of carbonyl (C=O) groups is 1. The molecule has 6 heteroatoms. The van der Waals surface area contributed by atoms with Gasteiger partial charge in [0.2, 0.25) is 17.6 Å². The number of benzene rings is 2. The summed E-state index contributed by atoms with van der Waals surface area (Å²) in [5.74, 6) is -0.346. The van der Waals surface area contributed by atoms with E-state index in [0.29, 0.717) is 0 Å². The van der Waals surface area contributed by atoms with E-state index in [-0.39, 0.29) is 35.6 Å². The Bertz CT molecular complexity index is 995. The van der Waals surface area contributed by atoms with Crippen molar-refractivity contribution in [1.29, 1.82) is 0 Å². The van der Waals surface area contributed by atoms with E-state index < -0.39 is 5.82 Å². The highest BCUT2D eigenvalue weighted by Gasteiger charge is 2.39. The Morgan fingerprint density at radius 3 is 2.65 bits per heavy atom. The SMILES string of the molecule is CC1=C(c2ccccc2)[C@@H]1C(=O)NCc1nc(-c2ccccc2F)no1. The number of aromatic nitrogens is 2. The fourth-order valence-corrected chi connectivity index (χ4v) is 3.01. The van der Waals surface area contributed by atoms with Crippen LogP contribution in [0.25, 0.3) is 17.0 Å². The summed E-state index contributed by atoms with van der Waals surface area (Å²) in [6.07, 6.45) is 0. The molecule has 0 spiro atoms. The Balaban J connectivity index is 1.39. The predicted octanol–water partition coefficient (Wildman–Crippen LogP) is 3.60. The van der Waals surface area contributed by atoms with Crippen LogP contribution in [-0.4, -0.2) is 16.0 Å². The number of hydrogen-bond acceptors (Lipinski definition) is 4. The van der Waals surface area contributed by atoms with E-state index in [4.69, 9.17) is 4.52 Å². The van der Waals surface area contributed by atoms with Crippen molar-refractivity contribution in [2.24, 2.45) is 5.92 Å². The highest BCUT2D eigenvalue weighted by molar-refractivity contribution is 6.05.